The molecule has 0 spiro atoms. The van der Waals surface area contributed by atoms with Crippen LogP contribution in [0.1, 0.15) is 41.0 Å². The van der Waals surface area contributed by atoms with Gasteiger partial charge in [0.1, 0.15) is 0 Å². The summed E-state index contributed by atoms with van der Waals surface area (Å²) >= 11 is 0. The van der Waals surface area contributed by atoms with Gasteiger partial charge >= 0.3 is 0 Å². The Hall–Kier alpha value is -2.90. The van der Waals surface area contributed by atoms with E-state index >= 15 is 0 Å². The van der Waals surface area contributed by atoms with Crippen molar-refractivity contribution in [3.05, 3.63) is 41.9 Å². The molecule has 1 fully saturated rings. The van der Waals surface area contributed by atoms with Gasteiger partial charge in [0.2, 0.25) is 17.5 Å². The van der Waals surface area contributed by atoms with E-state index in [9.17, 15) is 4.79 Å². The first-order valence-electron chi connectivity index (χ1n) is 7.80. The smallest absolute Gasteiger partial charge is 0.276 e. The Balaban J connectivity index is 1.41. The first-order chi connectivity index (χ1) is 11.7. The summed E-state index contributed by atoms with van der Waals surface area (Å²) < 4.78 is 15.9. The Morgan fingerprint density at radius 3 is 2.75 bits per heavy atom. The molecule has 1 aliphatic heterocycles. The molecule has 1 amide bonds. The summed E-state index contributed by atoms with van der Waals surface area (Å²) in [5.74, 6) is 2.27. The van der Waals surface area contributed by atoms with Crippen LogP contribution in [-0.4, -0.2) is 39.3 Å². The van der Waals surface area contributed by atoms with Crippen LogP contribution in [0.25, 0.3) is 11.5 Å². The quantitative estimate of drug-likeness (QED) is 0.728. The number of aromatic nitrogens is 3. The topological polar surface area (TPSA) is 98.4 Å². The Labute approximate surface area is 137 Å². The van der Waals surface area contributed by atoms with E-state index < -0.39 is 0 Å². The van der Waals surface area contributed by atoms with Gasteiger partial charge in [0.25, 0.3) is 5.91 Å². The lowest BCUT2D eigenvalue weighted by atomic mass is 9.96. The Morgan fingerprint density at radius 2 is 2.08 bits per heavy atom. The zero-order chi connectivity index (χ0) is 16.5. The van der Waals surface area contributed by atoms with Gasteiger partial charge in [-0.2, -0.15) is 0 Å². The van der Waals surface area contributed by atoms with Crippen LogP contribution < -0.4 is 0 Å². The maximum Gasteiger partial charge on any atom is 0.276 e. The molecule has 0 bridgehead atoms. The fourth-order valence-corrected chi connectivity index (χ4v) is 2.88. The number of hydrogen-bond donors (Lipinski definition) is 0. The Bertz CT molecular complexity index is 828. The van der Waals surface area contributed by atoms with Crippen molar-refractivity contribution >= 4 is 5.91 Å². The molecule has 0 saturated carbocycles. The summed E-state index contributed by atoms with van der Waals surface area (Å²) in [7, 11) is 0. The van der Waals surface area contributed by atoms with Crippen LogP contribution in [0.15, 0.2) is 37.8 Å². The number of rotatable bonds is 3. The predicted octanol–water partition coefficient (Wildman–Crippen LogP) is 2.65. The maximum absolute atomic E-state index is 12.6. The Kier molecular flexibility index (Phi) is 3.64. The molecule has 3 aromatic heterocycles. The zero-order valence-corrected chi connectivity index (χ0v) is 13.1. The number of carbonyl (C=O) groups is 1. The predicted molar refractivity (Wildman–Crippen MR) is 81.1 cm³/mol. The standard InChI is InChI=1S/C16H16N4O4/c1-10-17-18-15(23-10)11-4-6-20(7-5-11)16(21)12-9-14(24-19-12)13-3-2-8-22-13/h2-3,8-9,11H,4-7H2,1H3. The van der Waals surface area contributed by atoms with E-state index in [1.54, 1.807) is 36.3 Å². The van der Waals surface area contributed by atoms with Crippen LogP contribution in [0.3, 0.4) is 0 Å². The molecule has 0 radical (unpaired) electrons. The van der Waals surface area contributed by atoms with Gasteiger partial charge in [-0.15, -0.1) is 10.2 Å². The third-order valence-corrected chi connectivity index (χ3v) is 4.17. The molecule has 8 heteroatoms. The second kappa shape index (κ2) is 5.95. The molecule has 8 nitrogen and oxygen atoms in total. The summed E-state index contributed by atoms with van der Waals surface area (Å²) in [6, 6.07) is 5.12. The van der Waals surface area contributed by atoms with E-state index in [1.807, 2.05) is 0 Å². The van der Waals surface area contributed by atoms with Crippen molar-refractivity contribution in [3.8, 4) is 11.5 Å². The Morgan fingerprint density at radius 1 is 1.25 bits per heavy atom. The molecule has 0 aromatic carbocycles. The van der Waals surface area contributed by atoms with Crippen LogP contribution in [0, 0.1) is 6.92 Å². The largest absolute Gasteiger partial charge is 0.461 e. The van der Waals surface area contributed by atoms with Crippen molar-refractivity contribution in [1.29, 1.82) is 0 Å². The molecular formula is C16H16N4O4. The van der Waals surface area contributed by atoms with E-state index in [0.29, 0.717) is 36.4 Å². The number of amides is 1. The van der Waals surface area contributed by atoms with Crippen molar-refractivity contribution in [2.45, 2.75) is 25.7 Å². The molecule has 0 unspecified atom stereocenters. The van der Waals surface area contributed by atoms with Crippen LogP contribution in [0.5, 0.6) is 0 Å². The van der Waals surface area contributed by atoms with Crippen molar-refractivity contribution in [3.63, 3.8) is 0 Å². The summed E-state index contributed by atoms with van der Waals surface area (Å²) in [5, 5.41) is 11.8. The molecule has 1 aliphatic rings. The number of hydrogen-bond acceptors (Lipinski definition) is 7. The van der Waals surface area contributed by atoms with Crippen molar-refractivity contribution in [2.24, 2.45) is 0 Å². The minimum atomic E-state index is -0.142. The summed E-state index contributed by atoms with van der Waals surface area (Å²) in [6.07, 6.45) is 3.12. The van der Waals surface area contributed by atoms with Crippen molar-refractivity contribution in [1.82, 2.24) is 20.3 Å². The highest BCUT2D eigenvalue weighted by atomic mass is 16.5. The van der Waals surface area contributed by atoms with Crippen LogP contribution in [-0.2, 0) is 0 Å². The highest BCUT2D eigenvalue weighted by Gasteiger charge is 2.29. The molecule has 4 heterocycles. The molecule has 0 N–H and O–H groups in total. The second-order valence-electron chi connectivity index (χ2n) is 5.78. The number of likely N-dealkylation sites (tertiary alicyclic amines) is 1. The first kappa shape index (κ1) is 14.7. The van der Waals surface area contributed by atoms with Crippen molar-refractivity contribution < 1.29 is 18.2 Å². The summed E-state index contributed by atoms with van der Waals surface area (Å²) in [5.41, 5.74) is 0.286. The van der Waals surface area contributed by atoms with Gasteiger partial charge in [-0.3, -0.25) is 4.79 Å². The van der Waals surface area contributed by atoms with Gasteiger partial charge in [-0.25, -0.2) is 0 Å². The van der Waals surface area contributed by atoms with Gasteiger partial charge in [0.15, 0.2) is 11.5 Å². The lowest BCUT2D eigenvalue weighted by Crippen LogP contribution is -2.38. The molecule has 1 saturated heterocycles. The molecule has 0 aliphatic carbocycles. The third-order valence-electron chi connectivity index (χ3n) is 4.17. The maximum atomic E-state index is 12.6. The van der Waals surface area contributed by atoms with Gasteiger partial charge < -0.3 is 18.3 Å². The van der Waals surface area contributed by atoms with Gasteiger partial charge in [0.05, 0.1) is 6.26 Å². The van der Waals surface area contributed by atoms with E-state index in [-0.39, 0.29) is 17.5 Å². The molecular weight excluding hydrogens is 312 g/mol. The van der Waals surface area contributed by atoms with Gasteiger partial charge in [-0.1, -0.05) is 5.16 Å². The number of nitrogens with zero attached hydrogens (tertiary/aromatic N) is 4. The van der Waals surface area contributed by atoms with Crippen LogP contribution in [0.2, 0.25) is 0 Å². The van der Waals surface area contributed by atoms with E-state index in [2.05, 4.69) is 15.4 Å². The minimum absolute atomic E-state index is 0.142. The van der Waals surface area contributed by atoms with E-state index in [0.717, 1.165) is 12.8 Å². The highest BCUT2D eigenvalue weighted by Crippen LogP contribution is 2.28. The van der Waals surface area contributed by atoms with E-state index in [4.69, 9.17) is 13.4 Å². The fourth-order valence-electron chi connectivity index (χ4n) is 2.88. The average molecular weight is 328 g/mol. The van der Waals surface area contributed by atoms with Crippen LogP contribution in [0.4, 0.5) is 0 Å². The molecule has 124 valence electrons. The lowest BCUT2D eigenvalue weighted by Gasteiger charge is -2.29. The number of furan rings is 1. The lowest BCUT2D eigenvalue weighted by molar-refractivity contribution is 0.0695. The minimum Gasteiger partial charge on any atom is -0.461 e. The summed E-state index contributed by atoms with van der Waals surface area (Å²) in [4.78, 5) is 14.3. The number of aryl methyl sites for hydroxylation is 1. The fraction of sp³-hybridized carbons (Fsp3) is 0.375. The first-order valence-corrected chi connectivity index (χ1v) is 7.80. The number of carbonyl (C=O) groups excluding carboxylic acids is 1. The second-order valence-corrected chi connectivity index (χ2v) is 5.78. The molecule has 0 atom stereocenters. The SMILES string of the molecule is Cc1nnc(C2CCN(C(=O)c3cc(-c4ccco4)on3)CC2)o1. The normalized spacial score (nSPS) is 15.8. The average Bonchev–Trinajstić information content (AvgIpc) is 3.35. The van der Waals surface area contributed by atoms with Gasteiger partial charge in [0, 0.05) is 32.0 Å². The molecule has 3 aromatic rings. The highest BCUT2D eigenvalue weighted by molar-refractivity contribution is 5.93. The summed E-state index contributed by atoms with van der Waals surface area (Å²) in [6.45, 7) is 3.01. The van der Waals surface area contributed by atoms with E-state index in [1.165, 1.54) is 0 Å². The zero-order valence-electron chi connectivity index (χ0n) is 13.1. The molecule has 4 rings (SSSR count). The van der Waals surface area contributed by atoms with Crippen molar-refractivity contribution in [2.75, 3.05) is 13.1 Å². The molecule has 24 heavy (non-hydrogen) atoms. The van der Waals surface area contributed by atoms with Gasteiger partial charge in [-0.05, 0) is 25.0 Å². The van der Waals surface area contributed by atoms with Crippen LogP contribution >= 0.6 is 0 Å². The third kappa shape index (κ3) is 2.70. The monoisotopic (exact) mass is 328 g/mol. The number of piperidine rings is 1.